The molecule has 2 nitrogen and oxygen atoms in total. The van der Waals surface area contributed by atoms with Crippen molar-refractivity contribution in [2.75, 3.05) is 13.2 Å². The van der Waals surface area contributed by atoms with Gasteiger partial charge in [0.05, 0.1) is 6.61 Å². The second kappa shape index (κ2) is 6.65. The molecule has 0 radical (unpaired) electrons. The molecule has 0 aliphatic carbocycles. The van der Waals surface area contributed by atoms with Crippen molar-refractivity contribution in [1.29, 1.82) is 0 Å². The third-order valence-electron chi connectivity index (χ3n) is 3.13. The Morgan fingerprint density at radius 1 is 1.24 bits per heavy atom. The van der Waals surface area contributed by atoms with Crippen molar-refractivity contribution < 1.29 is 4.74 Å². The van der Waals surface area contributed by atoms with E-state index in [1.165, 1.54) is 16.7 Å². The van der Waals surface area contributed by atoms with E-state index in [9.17, 15) is 0 Å². The summed E-state index contributed by atoms with van der Waals surface area (Å²) >= 11 is 0. The molecule has 2 heteroatoms. The predicted octanol–water partition coefficient (Wildman–Crippen LogP) is 3.38. The summed E-state index contributed by atoms with van der Waals surface area (Å²) in [4.78, 5) is 0. The first-order valence-corrected chi connectivity index (χ1v) is 6.48. The van der Waals surface area contributed by atoms with Crippen LogP contribution < -0.4 is 10.1 Å². The lowest BCUT2D eigenvalue weighted by atomic mass is 10.1. The monoisotopic (exact) mass is 235 g/mol. The molecule has 1 unspecified atom stereocenters. The van der Waals surface area contributed by atoms with E-state index in [2.05, 4.69) is 52.1 Å². The molecule has 0 saturated heterocycles. The van der Waals surface area contributed by atoms with Crippen LogP contribution in [0.2, 0.25) is 0 Å². The minimum atomic E-state index is 0.520. The summed E-state index contributed by atoms with van der Waals surface area (Å²) < 4.78 is 5.88. The molecule has 96 valence electrons. The van der Waals surface area contributed by atoms with Crippen molar-refractivity contribution in [3.05, 3.63) is 28.8 Å². The van der Waals surface area contributed by atoms with Gasteiger partial charge in [0, 0.05) is 6.04 Å². The molecule has 1 aromatic rings. The Bertz CT molecular complexity index is 360. The molecule has 0 spiro atoms. The number of ether oxygens (including phenoxy) is 1. The van der Waals surface area contributed by atoms with E-state index in [-0.39, 0.29) is 0 Å². The average Bonchev–Trinajstić information content (AvgIpc) is 2.25. The molecule has 1 aromatic carbocycles. The Balaban J connectivity index is 2.52. The van der Waals surface area contributed by atoms with E-state index in [0.717, 1.165) is 25.3 Å². The van der Waals surface area contributed by atoms with Gasteiger partial charge in [0.15, 0.2) is 0 Å². The zero-order valence-electron chi connectivity index (χ0n) is 11.8. The van der Waals surface area contributed by atoms with Gasteiger partial charge in [-0.25, -0.2) is 0 Å². The third kappa shape index (κ3) is 4.39. The smallest absolute Gasteiger partial charge is 0.122 e. The molecular weight excluding hydrogens is 210 g/mol. The zero-order chi connectivity index (χ0) is 12.8. The molecule has 0 aromatic heterocycles. The largest absolute Gasteiger partial charge is 0.493 e. The van der Waals surface area contributed by atoms with Crippen LogP contribution in [-0.4, -0.2) is 19.2 Å². The summed E-state index contributed by atoms with van der Waals surface area (Å²) in [5.74, 6) is 1.03. The maximum Gasteiger partial charge on any atom is 0.122 e. The predicted molar refractivity (Wildman–Crippen MR) is 73.9 cm³/mol. The van der Waals surface area contributed by atoms with Crippen LogP contribution in [0.25, 0.3) is 0 Å². The lowest BCUT2D eigenvalue weighted by molar-refractivity contribution is 0.289. The molecule has 0 amide bonds. The van der Waals surface area contributed by atoms with Gasteiger partial charge in [-0.1, -0.05) is 13.0 Å². The van der Waals surface area contributed by atoms with Gasteiger partial charge in [-0.2, -0.15) is 0 Å². The van der Waals surface area contributed by atoms with Crippen LogP contribution in [0.15, 0.2) is 12.1 Å². The second-order valence-electron chi connectivity index (χ2n) is 4.80. The molecule has 0 fully saturated rings. The molecule has 1 rings (SSSR count). The number of benzene rings is 1. The standard InChI is InChI=1S/C15H25NO/c1-6-16-13(4)7-8-17-15-10-11(2)9-12(3)14(15)5/h9-10,13,16H,6-8H2,1-5H3. The van der Waals surface area contributed by atoms with Crippen molar-refractivity contribution in [2.45, 2.75) is 47.1 Å². The topological polar surface area (TPSA) is 21.3 Å². The molecule has 0 saturated carbocycles. The Morgan fingerprint density at radius 3 is 2.59 bits per heavy atom. The van der Waals surface area contributed by atoms with Gasteiger partial charge in [0.2, 0.25) is 0 Å². The SMILES string of the molecule is CCNC(C)CCOc1cc(C)cc(C)c1C. The van der Waals surface area contributed by atoms with E-state index < -0.39 is 0 Å². The minimum Gasteiger partial charge on any atom is -0.493 e. The maximum atomic E-state index is 5.88. The molecule has 0 aliphatic heterocycles. The average molecular weight is 235 g/mol. The highest BCUT2D eigenvalue weighted by atomic mass is 16.5. The third-order valence-corrected chi connectivity index (χ3v) is 3.13. The summed E-state index contributed by atoms with van der Waals surface area (Å²) in [5.41, 5.74) is 3.83. The molecule has 17 heavy (non-hydrogen) atoms. The fourth-order valence-corrected chi connectivity index (χ4v) is 1.95. The van der Waals surface area contributed by atoms with Crippen molar-refractivity contribution in [2.24, 2.45) is 0 Å². The van der Waals surface area contributed by atoms with Gasteiger partial charge >= 0.3 is 0 Å². The first kappa shape index (κ1) is 14.0. The molecular formula is C15H25NO. The van der Waals surface area contributed by atoms with Gasteiger partial charge in [-0.3, -0.25) is 0 Å². The lowest BCUT2D eigenvalue weighted by Gasteiger charge is -2.15. The Labute approximate surface area is 105 Å². The van der Waals surface area contributed by atoms with Crippen LogP contribution in [0.4, 0.5) is 0 Å². The summed E-state index contributed by atoms with van der Waals surface area (Å²) in [6, 6.07) is 4.84. The van der Waals surface area contributed by atoms with Crippen LogP contribution in [-0.2, 0) is 0 Å². The van der Waals surface area contributed by atoms with Crippen LogP contribution in [0, 0.1) is 20.8 Å². The summed E-state index contributed by atoms with van der Waals surface area (Å²) in [6.07, 6.45) is 1.04. The lowest BCUT2D eigenvalue weighted by Crippen LogP contribution is -2.27. The summed E-state index contributed by atoms with van der Waals surface area (Å²) in [5, 5.41) is 3.39. The fourth-order valence-electron chi connectivity index (χ4n) is 1.95. The van der Waals surface area contributed by atoms with E-state index in [0.29, 0.717) is 6.04 Å². The van der Waals surface area contributed by atoms with Crippen molar-refractivity contribution in [3.8, 4) is 5.75 Å². The minimum absolute atomic E-state index is 0.520. The number of rotatable bonds is 6. The quantitative estimate of drug-likeness (QED) is 0.816. The van der Waals surface area contributed by atoms with Crippen molar-refractivity contribution in [1.82, 2.24) is 5.32 Å². The van der Waals surface area contributed by atoms with Gasteiger partial charge in [-0.05, 0) is 63.4 Å². The Kier molecular flexibility index (Phi) is 5.49. The van der Waals surface area contributed by atoms with Gasteiger partial charge in [0.25, 0.3) is 0 Å². The number of aryl methyl sites for hydroxylation is 2. The van der Waals surface area contributed by atoms with Crippen molar-refractivity contribution in [3.63, 3.8) is 0 Å². The van der Waals surface area contributed by atoms with Crippen LogP contribution in [0.3, 0.4) is 0 Å². The second-order valence-corrected chi connectivity index (χ2v) is 4.80. The number of nitrogens with one attached hydrogen (secondary N) is 1. The first-order chi connectivity index (χ1) is 8.04. The zero-order valence-corrected chi connectivity index (χ0v) is 11.8. The van der Waals surface area contributed by atoms with E-state index in [1.807, 2.05) is 0 Å². The Hall–Kier alpha value is -1.02. The highest BCUT2D eigenvalue weighted by Gasteiger charge is 2.05. The molecule has 0 bridgehead atoms. The molecule has 1 N–H and O–H groups in total. The molecule has 1 atom stereocenters. The van der Waals surface area contributed by atoms with Gasteiger partial charge in [0.1, 0.15) is 5.75 Å². The molecule has 0 heterocycles. The van der Waals surface area contributed by atoms with Crippen LogP contribution in [0.1, 0.15) is 37.0 Å². The summed E-state index contributed by atoms with van der Waals surface area (Å²) in [7, 11) is 0. The molecule has 0 aliphatic rings. The normalized spacial score (nSPS) is 12.5. The Morgan fingerprint density at radius 2 is 1.94 bits per heavy atom. The highest BCUT2D eigenvalue weighted by Crippen LogP contribution is 2.23. The fraction of sp³-hybridized carbons (Fsp3) is 0.600. The van der Waals surface area contributed by atoms with E-state index in [1.54, 1.807) is 0 Å². The van der Waals surface area contributed by atoms with Gasteiger partial charge < -0.3 is 10.1 Å². The maximum absolute atomic E-state index is 5.88. The van der Waals surface area contributed by atoms with E-state index in [4.69, 9.17) is 4.74 Å². The highest BCUT2D eigenvalue weighted by molar-refractivity contribution is 5.41. The number of hydrogen-bond acceptors (Lipinski definition) is 2. The van der Waals surface area contributed by atoms with Crippen LogP contribution >= 0.6 is 0 Å². The number of hydrogen-bond donors (Lipinski definition) is 1. The van der Waals surface area contributed by atoms with Gasteiger partial charge in [-0.15, -0.1) is 0 Å². The van der Waals surface area contributed by atoms with Crippen LogP contribution in [0.5, 0.6) is 5.75 Å². The van der Waals surface area contributed by atoms with E-state index >= 15 is 0 Å². The first-order valence-electron chi connectivity index (χ1n) is 6.48. The summed E-state index contributed by atoms with van der Waals surface area (Å²) in [6.45, 7) is 12.5. The van der Waals surface area contributed by atoms with Crippen molar-refractivity contribution >= 4 is 0 Å².